The summed E-state index contributed by atoms with van der Waals surface area (Å²) in [5, 5.41) is 7.60. The van der Waals surface area contributed by atoms with Gasteiger partial charge in [0, 0.05) is 16.7 Å². The first kappa shape index (κ1) is 22.0. The van der Waals surface area contributed by atoms with Crippen LogP contribution >= 0.6 is 0 Å². The van der Waals surface area contributed by atoms with Crippen molar-refractivity contribution in [1.82, 2.24) is 15.1 Å². The van der Waals surface area contributed by atoms with E-state index in [0.29, 0.717) is 12.3 Å². The third-order valence-electron chi connectivity index (χ3n) is 6.26. The zero-order valence-electron chi connectivity index (χ0n) is 20.0. The molecule has 3 aromatic carbocycles. The highest BCUT2D eigenvalue weighted by Crippen LogP contribution is 2.46. The number of H-pyrrole nitrogens is 1. The molecule has 5 heteroatoms. The van der Waals surface area contributed by atoms with Gasteiger partial charge >= 0.3 is 0 Å². The molecule has 1 aliphatic heterocycles. The largest absolute Gasteiger partial charge is 0.489 e. The predicted molar refractivity (Wildman–Crippen MR) is 134 cm³/mol. The van der Waals surface area contributed by atoms with Crippen LogP contribution in [0.15, 0.2) is 78.9 Å². The lowest BCUT2D eigenvalue weighted by molar-refractivity contribution is 0.0546. The second-order valence-electron chi connectivity index (χ2n) is 9.82. The highest BCUT2D eigenvalue weighted by atomic mass is 16.5. The first-order chi connectivity index (χ1) is 16.3. The Kier molecular flexibility index (Phi) is 5.48. The molecule has 1 unspecified atom stereocenters. The minimum absolute atomic E-state index is 0.0252. The van der Waals surface area contributed by atoms with Crippen molar-refractivity contribution in [2.24, 2.45) is 0 Å². The normalized spacial score (nSPS) is 15.5. The van der Waals surface area contributed by atoms with E-state index < -0.39 is 0 Å². The lowest BCUT2D eigenvalue weighted by Gasteiger charge is -2.37. The first-order valence-electron chi connectivity index (χ1n) is 11.6. The summed E-state index contributed by atoms with van der Waals surface area (Å²) >= 11 is 0. The summed E-state index contributed by atoms with van der Waals surface area (Å²) in [6.07, 6.45) is 0. The zero-order chi connectivity index (χ0) is 23.9. The second kappa shape index (κ2) is 8.49. The maximum absolute atomic E-state index is 13.5. The van der Waals surface area contributed by atoms with Crippen LogP contribution in [0.25, 0.3) is 11.3 Å². The molecular formula is C29H29N3O2. The Labute approximate surface area is 200 Å². The van der Waals surface area contributed by atoms with Gasteiger partial charge in [-0.15, -0.1) is 0 Å². The van der Waals surface area contributed by atoms with Crippen molar-refractivity contribution >= 4 is 5.91 Å². The number of aromatic nitrogens is 2. The van der Waals surface area contributed by atoms with Gasteiger partial charge in [-0.1, -0.05) is 72.3 Å². The Bertz CT molecular complexity index is 1300. The van der Waals surface area contributed by atoms with Gasteiger partial charge in [0.25, 0.3) is 5.91 Å². The van der Waals surface area contributed by atoms with E-state index in [2.05, 4.69) is 74.3 Å². The van der Waals surface area contributed by atoms with Gasteiger partial charge in [0.15, 0.2) is 0 Å². The van der Waals surface area contributed by atoms with E-state index in [1.165, 1.54) is 5.56 Å². The number of carbonyl (C=O) groups excluding carboxylic acids is 1. The number of nitrogens with zero attached hydrogens (tertiary/aromatic N) is 2. The molecule has 1 N–H and O–H groups in total. The second-order valence-corrected chi connectivity index (χ2v) is 9.82. The van der Waals surface area contributed by atoms with Crippen LogP contribution in [0.3, 0.4) is 0 Å². The molecule has 1 amide bonds. The molecule has 1 aromatic heterocycles. The topological polar surface area (TPSA) is 58.2 Å². The summed E-state index contributed by atoms with van der Waals surface area (Å²) in [7, 11) is 0. The molecule has 5 nitrogen and oxygen atoms in total. The van der Waals surface area contributed by atoms with Crippen LogP contribution in [0, 0.1) is 6.92 Å². The van der Waals surface area contributed by atoms with E-state index in [0.717, 1.165) is 33.7 Å². The molecule has 5 rings (SSSR count). The molecule has 0 radical (unpaired) electrons. The van der Waals surface area contributed by atoms with E-state index in [1.54, 1.807) is 0 Å². The summed E-state index contributed by atoms with van der Waals surface area (Å²) in [5.74, 6) is 0.771. The van der Waals surface area contributed by atoms with Gasteiger partial charge in [-0.25, -0.2) is 0 Å². The molecule has 0 saturated heterocycles. The number of fused-ring (bicyclic) bond motifs is 1. The average Bonchev–Trinajstić information content (AvgIpc) is 3.38. The quantitative estimate of drug-likeness (QED) is 0.387. The van der Waals surface area contributed by atoms with Gasteiger partial charge in [-0.3, -0.25) is 9.89 Å². The molecule has 1 aliphatic rings. The molecule has 4 aromatic rings. The van der Waals surface area contributed by atoms with Crippen molar-refractivity contribution in [3.05, 3.63) is 107 Å². The smallest absolute Gasteiger partial charge is 0.273 e. The number of amides is 1. The number of aromatic amines is 1. The average molecular weight is 452 g/mol. The van der Waals surface area contributed by atoms with Crippen LogP contribution in [0.5, 0.6) is 5.75 Å². The molecule has 0 spiro atoms. The van der Waals surface area contributed by atoms with E-state index >= 15 is 0 Å². The van der Waals surface area contributed by atoms with Gasteiger partial charge < -0.3 is 9.64 Å². The molecule has 34 heavy (non-hydrogen) atoms. The summed E-state index contributed by atoms with van der Waals surface area (Å²) in [6.45, 7) is 8.79. The number of nitrogens with one attached hydrogen (secondary N) is 1. The molecule has 0 saturated carbocycles. The van der Waals surface area contributed by atoms with Crippen molar-refractivity contribution in [3.63, 3.8) is 0 Å². The maximum Gasteiger partial charge on any atom is 0.273 e. The highest BCUT2D eigenvalue weighted by Gasteiger charge is 2.46. The molecule has 172 valence electrons. The van der Waals surface area contributed by atoms with Gasteiger partial charge in [-0.2, -0.15) is 5.10 Å². The van der Waals surface area contributed by atoms with Crippen LogP contribution in [0.1, 0.15) is 59.6 Å². The number of aryl methyl sites for hydroxylation is 1. The Morgan fingerprint density at radius 1 is 0.941 bits per heavy atom. The molecule has 0 fully saturated rings. The Morgan fingerprint density at radius 3 is 2.26 bits per heavy atom. The third-order valence-corrected chi connectivity index (χ3v) is 6.26. The summed E-state index contributed by atoms with van der Waals surface area (Å²) in [5.41, 5.74) is 6.30. The predicted octanol–water partition coefficient (Wildman–Crippen LogP) is 6.31. The van der Waals surface area contributed by atoms with Gasteiger partial charge in [-0.05, 0) is 51.0 Å². The van der Waals surface area contributed by atoms with Gasteiger partial charge in [0.1, 0.15) is 18.1 Å². The van der Waals surface area contributed by atoms with Crippen LogP contribution < -0.4 is 4.74 Å². The zero-order valence-corrected chi connectivity index (χ0v) is 20.0. The van der Waals surface area contributed by atoms with Crippen molar-refractivity contribution in [1.29, 1.82) is 0 Å². The fraction of sp³-hybridized carbons (Fsp3) is 0.241. The minimum Gasteiger partial charge on any atom is -0.489 e. The van der Waals surface area contributed by atoms with Crippen molar-refractivity contribution in [3.8, 4) is 17.0 Å². The summed E-state index contributed by atoms with van der Waals surface area (Å²) in [4.78, 5) is 15.4. The van der Waals surface area contributed by atoms with E-state index in [-0.39, 0.29) is 17.5 Å². The standard InChI is InChI=1S/C29H29N3O2/c1-19-10-12-21(13-11-19)25-24-26(31-30-25)28(33)32(29(2,3)4)27(24)22-14-16-23(17-15-22)34-18-20-8-6-5-7-9-20/h5-17,27H,18H2,1-4H3,(H,30,31). The summed E-state index contributed by atoms with van der Waals surface area (Å²) < 4.78 is 5.98. The fourth-order valence-corrected chi connectivity index (χ4v) is 4.57. The fourth-order valence-electron chi connectivity index (χ4n) is 4.57. The third kappa shape index (κ3) is 3.98. The number of rotatable bonds is 5. The Balaban J connectivity index is 1.51. The number of benzene rings is 3. The minimum atomic E-state index is -0.366. The highest BCUT2D eigenvalue weighted by molar-refractivity contribution is 6.00. The van der Waals surface area contributed by atoms with Gasteiger partial charge in [0.2, 0.25) is 0 Å². The van der Waals surface area contributed by atoms with Crippen molar-refractivity contribution in [2.45, 2.75) is 45.9 Å². The molecule has 2 heterocycles. The first-order valence-corrected chi connectivity index (χ1v) is 11.6. The number of hydrogen-bond acceptors (Lipinski definition) is 3. The van der Waals surface area contributed by atoms with Crippen molar-refractivity contribution in [2.75, 3.05) is 0 Å². The van der Waals surface area contributed by atoms with Crippen LogP contribution in [0.2, 0.25) is 0 Å². The lowest BCUT2D eigenvalue weighted by atomic mass is 9.93. The van der Waals surface area contributed by atoms with Gasteiger partial charge in [0.05, 0.1) is 11.7 Å². The monoisotopic (exact) mass is 451 g/mol. The van der Waals surface area contributed by atoms with Crippen molar-refractivity contribution < 1.29 is 9.53 Å². The van der Waals surface area contributed by atoms with E-state index in [4.69, 9.17) is 4.74 Å². The molecule has 0 aliphatic carbocycles. The SMILES string of the molecule is Cc1ccc(-c2n[nH]c3c2C(c2ccc(OCc4ccccc4)cc2)N(C(C)(C)C)C3=O)cc1. The summed E-state index contributed by atoms with van der Waals surface area (Å²) in [6, 6.07) is 26.2. The maximum atomic E-state index is 13.5. The molecule has 1 atom stereocenters. The van der Waals surface area contributed by atoms with Crippen LogP contribution in [-0.2, 0) is 6.61 Å². The number of hydrogen-bond donors (Lipinski definition) is 1. The number of ether oxygens (including phenoxy) is 1. The Morgan fingerprint density at radius 2 is 1.62 bits per heavy atom. The van der Waals surface area contributed by atoms with E-state index in [1.807, 2.05) is 47.4 Å². The van der Waals surface area contributed by atoms with E-state index in [9.17, 15) is 4.79 Å². The van der Waals surface area contributed by atoms with Crippen LogP contribution in [0.4, 0.5) is 0 Å². The number of carbonyl (C=O) groups is 1. The molecular weight excluding hydrogens is 422 g/mol. The van der Waals surface area contributed by atoms with Crippen LogP contribution in [-0.4, -0.2) is 26.5 Å². The lowest BCUT2D eigenvalue weighted by Crippen LogP contribution is -2.44. The Hall–Kier alpha value is -3.86. The molecule has 0 bridgehead atoms.